The van der Waals surface area contributed by atoms with Crippen LogP contribution >= 0.6 is 0 Å². The van der Waals surface area contributed by atoms with E-state index < -0.39 is 22.8 Å². The fourth-order valence-corrected chi connectivity index (χ4v) is 9.27. The monoisotopic (exact) mass is 484 g/mol. The lowest BCUT2D eigenvalue weighted by molar-refractivity contribution is -0.167. The Kier molecular flexibility index (Phi) is 6.01. The van der Waals surface area contributed by atoms with Crippen molar-refractivity contribution in [3.8, 4) is 0 Å². The summed E-state index contributed by atoms with van der Waals surface area (Å²) in [4.78, 5) is 38.0. The van der Waals surface area contributed by atoms with Crippen molar-refractivity contribution in [3.05, 3.63) is 23.8 Å². The number of carboxylic acids is 2. The van der Waals surface area contributed by atoms with E-state index in [-0.39, 0.29) is 46.2 Å². The Morgan fingerprint density at radius 3 is 2.23 bits per heavy atom. The summed E-state index contributed by atoms with van der Waals surface area (Å²) in [6.07, 6.45) is 8.38. The molecule has 194 valence electrons. The number of hydrogen-bond acceptors (Lipinski definition) is 3. The number of carbonyl (C=O) groups excluding carboxylic acids is 1. The minimum absolute atomic E-state index is 0.0191. The first-order chi connectivity index (χ1) is 16.0. The molecule has 4 aliphatic carbocycles. The second kappa shape index (κ2) is 8.05. The van der Waals surface area contributed by atoms with Crippen LogP contribution in [0.2, 0.25) is 0 Å². The van der Waals surface area contributed by atoms with Gasteiger partial charge >= 0.3 is 11.9 Å². The van der Waals surface area contributed by atoms with Crippen LogP contribution in [0, 0.1) is 44.8 Å². The van der Waals surface area contributed by atoms with E-state index in [1.165, 1.54) is 5.57 Å². The predicted octanol–water partition coefficient (Wildman–Crippen LogP) is 6.67. The van der Waals surface area contributed by atoms with Gasteiger partial charge in [0.1, 0.15) is 0 Å². The second-order valence-electron chi connectivity index (χ2n) is 13.8. The first kappa shape index (κ1) is 26.2. The summed E-state index contributed by atoms with van der Waals surface area (Å²) in [6.45, 7) is 17.2. The minimum Gasteiger partial charge on any atom is -0.481 e. The van der Waals surface area contributed by atoms with Crippen molar-refractivity contribution < 1.29 is 24.6 Å². The number of allylic oxidation sites excluding steroid dienone is 3. The number of aliphatic carboxylic acids is 2. The molecule has 0 spiro atoms. The zero-order valence-corrected chi connectivity index (χ0v) is 22.5. The van der Waals surface area contributed by atoms with Crippen molar-refractivity contribution >= 4 is 17.7 Å². The number of carboxylic acid groups (broad SMARTS) is 2. The molecule has 3 fully saturated rings. The molecule has 35 heavy (non-hydrogen) atoms. The summed E-state index contributed by atoms with van der Waals surface area (Å²) in [5, 5.41) is 19.6. The smallest absolute Gasteiger partial charge is 0.309 e. The van der Waals surface area contributed by atoms with Gasteiger partial charge in [-0.3, -0.25) is 14.4 Å². The molecular formula is C30H44O5. The Morgan fingerprint density at radius 1 is 1.03 bits per heavy atom. The Hall–Kier alpha value is -1.91. The SMILES string of the molecule is C=C(C)[C@@H]1CC[C@]2(C)[C@H](C(=O)C=C3[C@@H]4C[C@@](C)(C(=O)O)CC[C@]4(C)CC[C@]32C)[C@@]1(C)CCC(=O)O. The fourth-order valence-electron chi connectivity index (χ4n) is 9.27. The molecule has 0 saturated heterocycles. The highest BCUT2D eigenvalue weighted by atomic mass is 16.4. The molecule has 0 radical (unpaired) electrons. The molecule has 0 aromatic carbocycles. The number of fused-ring (bicyclic) bond motifs is 5. The molecule has 0 heterocycles. The molecule has 0 amide bonds. The van der Waals surface area contributed by atoms with Gasteiger partial charge in [-0.15, -0.1) is 0 Å². The van der Waals surface area contributed by atoms with Crippen LogP contribution in [0.1, 0.15) is 99.3 Å². The van der Waals surface area contributed by atoms with Crippen molar-refractivity contribution in [1.29, 1.82) is 0 Å². The maximum Gasteiger partial charge on any atom is 0.309 e. The van der Waals surface area contributed by atoms with Crippen molar-refractivity contribution in [2.24, 2.45) is 44.8 Å². The lowest BCUT2D eigenvalue weighted by Crippen LogP contribution is -2.63. The van der Waals surface area contributed by atoms with Gasteiger partial charge in [0.25, 0.3) is 0 Å². The van der Waals surface area contributed by atoms with E-state index in [9.17, 15) is 24.6 Å². The standard InChI is InChI=1S/C30H44O5/c1-18(2)19-8-11-30(7)24(28(19,5)10-9-23(32)33)22(31)16-20-21-17-27(4,25(34)35)13-12-26(21,3)14-15-29(20,30)6/h16,19,21,24H,1,8-15,17H2,2-7H3,(H,32,33)(H,34,35)/t19-,21-,24+,26+,27-,28-,29+,30+/m0/s1. The Labute approximate surface area is 210 Å². The van der Waals surface area contributed by atoms with Crippen LogP contribution in [0.15, 0.2) is 23.8 Å². The molecule has 2 N–H and O–H groups in total. The predicted molar refractivity (Wildman–Crippen MR) is 136 cm³/mol. The average Bonchev–Trinajstić information content (AvgIpc) is 2.75. The lowest BCUT2D eigenvalue weighted by atomic mass is 9.35. The van der Waals surface area contributed by atoms with Gasteiger partial charge in [0, 0.05) is 12.3 Å². The van der Waals surface area contributed by atoms with E-state index in [0.717, 1.165) is 37.7 Å². The van der Waals surface area contributed by atoms with Crippen LogP contribution < -0.4 is 0 Å². The molecule has 4 aliphatic rings. The van der Waals surface area contributed by atoms with Gasteiger partial charge in [0.05, 0.1) is 5.41 Å². The van der Waals surface area contributed by atoms with E-state index in [4.69, 9.17) is 0 Å². The zero-order valence-electron chi connectivity index (χ0n) is 22.5. The Bertz CT molecular complexity index is 1010. The van der Waals surface area contributed by atoms with Gasteiger partial charge in [-0.2, -0.15) is 0 Å². The fraction of sp³-hybridized carbons (Fsp3) is 0.767. The van der Waals surface area contributed by atoms with Crippen LogP contribution in [-0.2, 0) is 14.4 Å². The highest BCUT2D eigenvalue weighted by Gasteiger charge is 2.68. The van der Waals surface area contributed by atoms with Gasteiger partial charge in [-0.05, 0) is 105 Å². The molecule has 8 atom stereocenters. The summed E-state index contributed by atoms with van der Waals surface area (Å²) in [6, 6.07) is 0. The van der Waals surface area contributed by atoms with Crippen LogP contribution in [0.3, 0.4) is 0 Å². The third-order valence-corrected chi connectivity index (χ3v) is 11.8. The van der Waals surface area contributed by atoms with Crippen molar-refractivity contribution in [2.75, 3.05) is 0 Å². The quantitative estimate of drug-likeness (QED) is 0.425. The molecule has 0 aromatic rings. The lowest BCUT2D eigenvalue weighted by Gasteiger charge is -2.68. The topological polar surface area (TPSA) is 91.7 Å². The van der Waals surface area contributed by atoms with E-state index in [1.54, 1.807) is 0 Å². The van der Waals surface area contributed by atoms with E-state index in [0.29, 0.717) is 19.3 Å². The van der Waals surface area contributed by atoms with Crippen LogP contribution in [-0.4, -0.2) is 27.9 Å². The largest absolute Gasteiger partial charge is 0.481 e. The molecule has 3 saturated carbocycles. The maximum absolute atomic E-state index is 14.2. The van der Waals surface area contributed by atoms with E-state index in [1.807, 2.05) is 19.9 Å². The molecule has 4 rings (SSSR count). The highest BCUT2D eigenvalue weighted by Crippen LogP contribution is 2.73. The number of hydrogen-bond donors (Lipinski definition) is 2. The van der Waals surface area contributed by atoms with Crippen molar-refractivity contribution in [2.45, 2.75) is 99.3 Å². The summed E-state index contributed by atoms with van der Waals surface area (Å²) in [5.74, 6) is -1.51. The summed E-state index contributed by atoms with van der Waals surface area (Å²) < 4.78 is 0. The average molecular weight is 485 g/mol. The zero-order chi connectivity index (χ0) is 26.2. The van der Waals surface area contributed by atoms with Gasteiger partial charge in [-0.1, -0.05) is 45.4 Å². The molecular weight excluding hydrogens is 440 g/mol. The third-order valence-electron chi connectivity index (χ3n) is 11.8. The number of ketones is 1. The summed E-state index contributed by atoms with van der Waals surface area (Å²) >= 11 is 0. The molecule has 0 aromatic heterocycles. The first-order valence-corrected chi connectivity index (χ1v) is 13.4. The van der Waals surface area contributed by atoms with Crippen molar-refractivity contribution in [3.63, 3.8) is 0 Å². The molecule has 0 bridgehead atoms. The number of carbonyl (C=O) groups is 3. The van der Waals surface area contributed by atoms with Crippen LogP contribution in [0.5, 0.6) is 0 Å². The molecule has 0 unspecified atom stereocenters. The third kappa shape index (κ3) is 3.58. The maximum atomic E-state index is 14.2. The Balaban J connectivity index is 1.85. The van der Waals surface area contributed by atoms with Gasteiger partial charge in [-0.25, -0.2) is 0 Å². The van der Waals surface area contributed by atoms with Crippen molar-refractivity contribution in [1.82, 2.24) is 0 Å². The molecule has 5 nitrogen and oxygen atoms in total. The minimum atomic E-state index is -0.826. The summed E-state index contributed by atoms with van der Waals surface area (Å²) in [5.41, 5.74) is 0.485. The van der Waals surface area contributed by atoms with E-state index >= 15 is 0 Å². The van der Waals surface area contributed by atoms with Crippen LogP contribution in [0.4, 0.5) is 0 Å². The summed E-state index contributed by atoms with van der Waals surface area (Å²) in [7, 11) is 0. The normalized spacial score (nSPS) is 47.1. The van der Waals surface area contributed by atoms with Gasteiger partial charge in [0.2, 0.25) is 0 Å². The van der Waals surface area contributed by atoms with Crippen LogP contribution in [0.25, 0.3) is 0 Å². The second-order valence-corrected chi connectivity index (χ2v) is 13.8. The van der Waals surface area contributed by atoms with Gasteiger partial charge in [0.15, 0.2) is 5.78 Å². The molecule has 0 aliphatic heterocycles. The highest BCUT2D eigenvalue weighted by molar-refractivity contribution is 5.95. The number of rotatable bonds is 5. The first-order valence-electron chi connectivity index (χ1n) is 13.4. The molecule has 5 heteroatoms. The van der Waals surface area contributed by atoms with Gasteiger partial charge < -0.3 is 10.2 Å². The Morgan fingerprint density at radius 2 is 1.66 bits per heavy atom. The van der Waals surface area contributed by atoms with E-state index in [2.05, 4.69) is 34.3 Å².